The molecule has 0 aliphatic carbocycles. The highest BCUT2D eigenvalue weighted by Gasteiger charge is 2.51. The van der Waals surface area contributed by atoms with Crippen LogP contribution in [0.25, 0.3) is 11.1 Å². The van der Waals surface area contributed by atoms with Crippen molar-refractivity contribution in [1.29, 1.82) is 0 Å². The number of carbonyl (C=O) groups excluding carboxylic acids is 1. The number of carbonyl (C=O) groups is 1. The fourth-order valence-electron chi connectivity index (χ4n) is 7.43. The fourth-order valence-corrected chi connectivity index (χ4v) is 7.43. The summed E-state index contributed by atoms with van der Waals surface area (Å²) in [5.74, 6) is 0.206. The zero-order valence-corrected chi connectivity index (χ0v) is 26.9. The van der Waals surface area contributed by atoms with Gasteiger partial charge in [-0.1, -0.05) is 91.9 Å². The first-order valence-electron chi connectivity index (χ1n) is 16.7. The Kier molecular flexibility index (Phi) is 9.12. The van der Waals surface area contributed by atoms with Crippen LogP contribution in [0.2, 0.25) is 0 Å². The average molecular weight is 633 g/mol. The second kappa shape index (κ2) is 13.6. The minimum atomic E-state index is -0.534. The molecule has 8 heteroatoms. The largest absolute Gasteiger partial charge is 0.392 e. The SMILES string of the molecule is C[C@H]1[C@@H](CN2CCC3(CC2)C(=O)NCN3c2ccccc2)O[C@@H](c2ccc(-c3cccc(CN)c3)cc2)O[C@H]1c1ccc(CO)cc1. The van der Waals surface area contributed by atoms with Crippen molar-refractivity contribution in [3.8, 4) is 11.1 Å². The molecule has 4 aromatic carbocycles. The second-order valence-corrected chi connectivity index (χ2v) is 13.1. The summed E-state index contributed by atoms with van der Waals surface area (Å²) in [6.45, 7) is 5.62. The van der Waals surface area contributed by atoms with E-state index in [1.54, 1.807) is 0 Å². The summed E-state index contributed by atoms with van der Waals surface area (Å²) >= 11 is 0. The standard InChI is InChI=1S/C39H44N4O4/c1-27-35(24-42-20-18-39(19-21-42)38(45)41-26-43(39)34-8-3-2-4-9-34)46-37(47-36(27)31-12-10-28(25-44)11-13-31)32-16-14-30(15-17-32)33-7-5-6-29(22-33)23-40/h2-17,22,27,35-37,44H,18-21,23-26,40H2,1H3,(H,41,45)/t27-,35+,36+,37+/m0/s1. The van der Waals surface area contributed by atoms with Gasteiger partial charge < -0.3 is 35.4 Å². The lowest BCUT2D eigenvalue weighted by Gasteiger charge is -2.46. The van der Waals surface area contributed by atoms with Gasteiger partial charge in [0.1, 0.15) is 5.54 Å². The molecular weight excluding hydrogens is 588 g/mol. The van der Waals surface area contributed by atoms with E-state index in [9.17, 15) is 9.90 Å². The van der Waals surface area contributed by atoms with Crippen LogP contribution in [-0.2, 0) is 27.4 Å². The Bertz CT molecular complexity index is 1650. The number of hydrogen-bond acceptors (Lipinski definition) is 7. The van der Waals surface area contributed by atoms with Gasteiger partial charge in [0, 0.05) is 43.3 Å². The van der Waals surface area contributed by atoms with Gasteiger partial charge in [-0.2, -0.15) is 0 Å². The quantitative estimate of drug-likeness (QED) is 0.235. The lowest BCUT2D eigenvalue weighted by atomic mass is 9.84. The summed E-state index contributed by atoms with van der Waals surface area (Å²) in [6, 6.07) is 35.0. The molecule has 0 aromatic heterocycles. The number of ether oxygens (including phenoxy) is 2. The van der Waals surface area contributed by atoms with Crippen molar-refractivity contribution in [2.24, 2.45) is 11.7 Å². The summed E-state index contributed by atoms with van der Waals surface area (Å²) in [7, 11) is 0. The van der Waals surface area contributed by atoms with Crippen LogP contribution in [0.1, 0.15) is 54.4 Å². The molecule has 3 aliphatic rings. The third-order valence-electron chi connectivity index (χ3n) is 10.3. The molecule has 1 spiro atoms. The molecule has 0 radical (unpaired) electrons. The fraction of sp³-hybridized carbons (Fsp3) is 0.359. The number of nitrogens with one attached hydrogen (secondary N) is 1. The Morgan fingerprint density at radius 2 is 1.57 bits per heavy atom. The first-order valence-corrected chi connectivity index (χ1v) is 16.7. The monoisotopic (exact) mass is 632 g/mol. The van der Waals surface area contributed by atoms with E-state index in [0.29, 0.717) is 13.2 Å². The maximum absolute atomic E-state index is 13.2. The van der Waals surface area contributed by atoms with Crippen LogP contribution >= 0.6 is 0 Å². The zero-order valence-electron chi connectivity index (χ0n) is 26.9. The average Bonchev–Trinajstić information content (AvgIpc) is 3.45. The van der Waals surface area contributed by atoms with Crippen LogP contribution in [0.4, 0.5) is 5.69 Å². The van der Waals surface area contributed by atoms with Crippen LogP contribution in [0.5, 0.6) is 0 Å². The summed E-state index contributed by atoms with van der Waals surface area (Å²) in [5, 5.41) is 12.7. The van der Waals surface area contributed by atoms with E-state index in [4.69, 9.17) is 15.2 Å². The lowest BCUT2D eigenvalue weighted by molar-refractivity contribution is -0.276. The molecule has 3 saturated heterocycles. The summed E-state index contributed by atoms with van der Waals surface area (Å²) in [4.78, 5) is 17.9. The molecular formula is C39H44N4O4. The lowest BCUT2D eigenvalue weighted by Crippen LogP contribution is -2.57. The Morgan fingerprint density at radius 1 is 0.851 bits per heavy atom. The maximum Gasteiger partial charge on any atom is 0.247 e. The van der Waals surface area contributed by atoms with Crippen molar-refractivity contribution in [3.63, 3.8) is 0 Å². The topological polar surface area (TPSA) is 100 Å². The Morgan fingerprint density at radius 3 is 2.28 bits per heavy atom. The minimum Gasteiger partial charge on any atom is -0.392 e. The van der Waals surface area contributed by atoms with Crippen LogP contribution in [-0.4, -0.2) is 53.9 Å². The van der Waals surface area contributed by atoms with Gasteiger partial charge in [0.25, 0.3) is 0 Å². The van der Waals surface area contributed by atoms with Gasteiger partial charge in [-0.25, -0.2) is 0 Å². The zero-order chi connectivity index (χ0) is 32.4. The van der Waals surface area contributed by atoms with Gasteiger partial charge >= 0.3 is 0 Å². The summed E-state index contributed by atoms with van der Waals surface area (Å²) in [5.41, 5.74) is 12.7. The molecule has 3 heterocycles. The third-order valence-corrected chi connectivity index (χ3v) is 10.3. The smallest absolute Gasteiger partial charge is 0.247 e. The maximum atomic E-state index is 13.2. The molecule has 7 rings (SSSR count). The van der Waals surface area contributed by atoms with Gasteiger partial charge in [-0.15, -0.1) is 0 Å². The van der Waals surface area contributed by atoms with E-state index in [1.165, 1.54) is 0 Å². The molecule has 1 amide bonds. The number of anilines is 1. The van der Waals surface area contributed by atoms with Gasteiger partial charge in [0.2, 0.25) is 5.91 Å². The number of benzene rings is 4. The van der Waals surface area contributed by atoms with Gasteiger partial charge in [-0.05, 0) is 58.9 Å². The van der Waals surface area contributed by atoms with Crippen LogP contribution in [0.15, 0.2) is 103 Å². The third kappa shape index (κ3) is 6.32. The number of hydrogen-bond donors (Lipinski definition) is 3. The molecule has 0 unspecified atom stereocenters. The molecule has 0 saturated carbocycles. The van der Waals surface area contributed by atoms with E-state index in [0.717, 1.165) is 71.5 Å². The molecule has 244 valence electrons. The highest BCUT2D eigenvalue weighted by Crippen LogP contribution is 2.43. The number of piperidine rings is 1. The van der Waals surface area contributed by atoms with Gasteiger partial charge in [0.15, 0.2) is 6.29 Å². The van der Waals surface area contributed by atoms with Crippen molar-refractivity contribution in [2.75, 3.05) is 31.2 Å². The van der Waals surface area contributed by atoms with E-state index < -0.39 is 11.8 Å². The number of amides is 1. The molecule has 47 heavy (non-hydrogen) atoms. The Hall–Kier alpha value is -4.05. The van der Waals surface area contributed by atoms with Crippen LogP contribution in [0.3, 0.4) is 0 Å². The normalized spacial score (nSPS) is 24.4. The highest BCUT2D eigenvalue weighted by atomic mass is 16.7. The molecule has 3 aliphatic heterocycles. The number of nitrogens with two attached hydrogens (primary N) is 1. The van der Waals surface area contributed by atoms with E-state index in [2.05, 4.69) is 82.7 Å². The van der Waals surface area contributed by atoms with Crippen LogP contribution in [0, 0.1) is 5.92 Å². The van der Waals surface area contributed by atoms with E-state index in [1.807, 2.05) is 42.5 Å². The second-order valence-electron chi connectivity index (χ2n) is 13.1. The van der Waals surface area contributed by atoms with Crippen molar-refractivity contribution in [3.05, 3.63) is 125 Å². The summed E-state index contributed by atoms with van der Waals surface area (Å²) in [6.07, 6.45) is 0.710. The highest BCUT2D eigenvalue weighted by molar-refractivity contribution is 5.93. The molecule has 3 fully saturated rings. The van der Waals surface area contributed by atoms with E-state index >= 15 is 0 Å². The molecule has 4 aromatic rings. The molecule has 8 nitrogen and oxygen atoms in total. The van der Waals surface area contributed by atoms with E-state index in [-0.39, 0.29) is 30.6 Å². The van der Waals surface area contributed by atoms with Crippen molar-refractivity contribution >= 4 is 11.6 Å². The van der Waals surface area contributed by atoms with Crippen molar-refractivity contribution < 1.29 is 19.4 Å². The van der Waals surface area contributed by atoms with Crippen LogP contribution < -0.4 is 16.0 Å². The summed E-state index contributed by atoms with van der Waals surface area (Å²) < 4.78 is 13.5. The van der Waals surface area contributed by atoms with Crippen molar-refractivity contribution in [2.45, 2.75) is 57.0 Å². The minimum absolute atomic E-state index is 0.00638. The predicted octanol–water partition coefficient (Wildman–Crippen LogP) is 5.52. The number of para-hydroxylation sites is 1. The Labute approximate surface area is 277 Å². The molecule has 4 atom stereocenters. The number of aliphatic hydroxyl groups is 1. The van der Waals surface area contributed by atoms with Gasteiger partial charge in [-0.3, -0.25) is 4.79 Å². The Balaban J connectivity index is 1.10. The number of rotatable bonds is 8. The predicted molar refractivity (Wildman–Crippen MR) is 183 cm³/mol. The van der Waals surface area contributed by atoms with Crippen molar-refractivity contribution in [1.82, 2.24) is 10.2 Å². The van der Waals surface area contributed by atoms with Gasteiger partial charge in [0.05, 0.1) is 25.5 Å². The number of nitrogens with zero attached hydrogens (tertiary/aromatic N) is 2. The first-order chi connectivity index (χ1) is 23.0. The number of likely N-dealkylation sites (tertiary alicyclic amines) is 1. The number of aliphatic hydroxyl groups excluding tert-OH is 1. The molecule has 0 bridgehead atoms. The first kappa shape index (κ1) is 31.5. The molecule has 4 N–H and O–H groups in total.